The Balaban J connectivity index is 1.69. The van der Waals surface area contributed by atoms with E-state index < -0.39 is 22.8 Å². The maximum Gasteiger partial charge on any atom is 0.267 e. The molecule has 9 nitrogen and oxygen atoms in total. The normalized spacial score (nSPS) is 13.6. The quantitative estimate of drug-likeness (QED) is 0.512. The number of likely N-dealkylation sites (tertiary alicyclic amines) is 1. The highest BCUT2D eigenvalue weighted by atomic mass is 19.1. The van der Waals surface area contributed by atoms with Gasteiger partial charge in [-0.15, -0.1) is 0 Å². The summed E-state index contributed by atoms with van der Waals surface area (Å²) in [6.07, 6.45) is 3.21. The Morgan fingerprint density at radius 3 is 2.76 bits per heavy atom. The zero-order chi connectivity index (χ0) is 24.4. The van der Waals surface area contributed by atoms with Crippen molar-refractivity contribution in [2.45, 2.75) is 25.8 Å². The van der Waals surface area contributed by atoms with Crippen LogP contribution in [0.3, 0.4) is 0 Å². The van der Waals surface area contributed by atoms with Crippen LogP contribution in [-0.4, -0.2) is 51.8 Å². The first-order valence-electron chi connectivity index (χ1n) is 10.8. The highest BCUT2D eigenvalue weighted by Gasteiger charge is 2.23. The topological polar surface area (TPSA) is 114 Å². The molecule has 34 heavy (non-hydrogen) atoms. The molecule has 0 aliphatic carbocycles. The number of aromatic nitrogens is 2. The summed E-state index contributed by atoms with van der Waals surface area (Å²) in [5.41, 5.74) is 1.62. The van der Waals surface area contributed by atoms with Crippen molar-refractivity contribution in [3.8, 4) is 5.75 Å². The van der Waals surface area contributed by atoms with E-state index in [0.29, 0.717) is 37.0 Å². The second kappa shape index (κ2) is 9.60. The molecule has 0 atom stereocenters. The molecule has 1 saturated heterocycles. The van der Waals surface area contributed by atoms with Crippen molar-refractivity contribution in [3.05, 3.63) is 68.9 Å². The molecule has 3 heterocycles. The van der Waals surface area contributed by atoms with Crippen LogP contribution in [0.1, 0.15) is 39.9 Å². The average Bonchev–Trinajstić information content (AvgIpc) is 3.22. The number of nitrogens with zero attached hydrogens (tertiary/aromatic N) is 3. The zero-order valence-electron chi connectivity index (χ0n) is 18.9. The van der Waals surface area contributed by atoms with Crippen LogP contribution < -0.4 is 10.9 Å². The number of methoxy groups -OCH3 is 1. The van der Waals surface area contributed by atoms with Gasteiger partial charge in [0.2, 0.25) is 5.91 Å². The number of aromatic hydroxyl groups is 1. The monoisotopic (exact) mass is 468 g/mol. The maximum absolute atomic E-state index is 14.0. The molecule has 0 unspecified atom stereocenters. The summed E-state index contributed by atoms with van der Waals surface area (Å²) in [5, 5.41) is 13.0. The van der Waals surface area contributed by atoms with Gasteiger partial charge in [0.25, 0.3) is 11.5 Å². The van der Waals surface area contributed by atoms with Gasteiger partial charge in [-0.2, -0.15) is 0 Å². The third-order valence-electron chi connectivity index (χ3n) is 5.96. The fraction of sp³-hybridized carbons (Fsp3) is 0.333. The van der Waals surface area contributed by atoms with Crippen molar-refractivity contribution in [2.75, 3.05) is 20.4 Å². The first-order valence-corrected chi connectivity index (χ1v) is 10.8. The van der Waals surface area contributed by atoms with Gasteiger partial charge in [0.05, 0.1) is 5.52 Å². The van der Waals surface area contributed by atoms with E-state index in [4.69, 9.17) is 4.74 Å². The van der Waals surface area contributed by atoms with Gasteiger partial charge in [-0.05, 0) is 47.7 Å². The molecule has 1 aliphatic rings. The minimum Gasteiger partial charge on any atom is -0.505 e. The molecule has 2 amide bonds. The van der Waals surface area contributed by atoms with Crippen LogP contribution in [0.4, 0.5) is 4.39 Å². The van der Waals surface area contributed by atoms with Crippen molar-refractivity contribution < 1.29 is 23.8 Å². The van der Waals surface area contributed by atoms with Gasteiger partial charge >= 0.3 is 0 Å². The van der Waals surface area contributed by atoms with Crippen LogP contribution in [0.5, 0.6) is 5.75 Å². The smallest absolute Gasteiger partial charge is 0.267 e. The number of benzene rings is 1. The van der Waals surface area contributed by atoms with E-state index in [0.717, 1.165) is 17.5 Å². The zero-order valence-corrected chi connectivity index (χ0v) is 18.9. The third-order valence-corrected chi connectivity index (χ3v) is 5.96. The molecule has 1 aromatic carbocycles. The van der Waals surface area contributed by atoms with Crippen LogP contribution in [-0.2, 0) is 29.5 Å². The fourth-order valence-corrected chi connectivity index (χ4v) is 4.17. The van der Waals surface area contributed by atoms with Gasteiger partial charge in [-0.25, -0.2) is 4.39 Å². The largest absolute Gasteiger partial charge is 0.505 e. The number of carbonyl (C=O) groups is 2. The minimum absolute atomic E-state index is 0.0541. The SMILES string of the molecule is COCNC(=O)c1c(O)c2ncc(Cc3ccc(F)cc3CN3CCCC3=O)cc2n(C)c1=O. The Morgan fingerprint density at radius 1 is 1.26 bits per heavy atom. The van der Waals surface area contributed by atoms with Gasteiger partial charge in [0, 0.05) is 39.9 Å². The predicted octanol–water partition coefficient (Wildman–Crippen LogP) is 1.83. The molecule has 178 valence electrons. The Bertz CT molecular complexity index is 1340. The van der Waals surface area contributed by atoms with Crippen molar-refractivity contribution in [1.29, 1.82) is 0 Å². The van der Waals surface area contributed by atoms with Gasteiger partial charge in [-0.1, -0.05) is 6.07 Å². The first kappa shape index (κ1) is 23.4. The van der Waals surface area contributed by atoms with Crippen molar-refractivity contribution in [1.82, 2.24) is 19.8 Å². The molecule has 2 aromatic heterocycles. The van der Waals surface area contributed by atoms with Crippen LogP contribution in [0.25, 0.3) is 11.0 Å². The van der Waals surface area contributed by atoms with E-state index in [-0.39, 0.29) is 24.0 Å². The molecule has 1 fully saturated rings. The Kier molecular flexibility index (Phi) is 6.60. The van der Waals surface area contributed by atoms with Gasteiger partial charge < -0.3 is 24.6 Å². The van der Waals surface area contributed by atoms with Gasteiger partial charge in [-0.3, -0.25) is 19.4 Å². The second-order valence-corrected chi connectivity index (χ2v) is 8.25. The van der Waals surface area contributed by atoms with Gasteiger partial charge in [0.1, 0.15) is 23.6 Å². The Hall–Kier alpha value is -3.79. The number of ether oxygens (including phenoxy) is 1. The molecule has 0 bridgehead atoms. The minimum atomic E-state index is -0.764. The highest BCUT2D eigenvalue weighted by Crippen LogP contribution is 2.26. The summed E-state index contributed by atoms with van der Waals surface area (Å²) < 4.78 is 20.0. The lowest BCUT2D eigenvalue weighted by molar-refractivity contribution is -0.128. The summed E-state index contributed by atoms with van der Waals surface area (Å²) in [7, 11) is 2.88. The molecular formula is C24H25FN4O5. The number of amides is 2. The molecule has 10 heteroatoms. The third kappa shape index (κ3) is 4.49. The fourth-order valence-electron chi connectivity index (χ4n) is 4.17. The van der Waals surface area contributed by atoms with E-state index in [1.807, 2.05) is 0 Å². The highest BCUT2D eigenvalue weighted by molar-refractivity contribution is 6.01. The van der Waals surface area contributed by atoms with E-state index in [1.165, 1.54) is 37.1 Å². The van der Waals surface area contributed by atoms with E-state index >= 15 is 0 Å². The molecule has 0 saturated carbocycles. The number of aryl methyl sites for hydroxylation is 1. The number of hydrogen-bond donors (Lipinski definition) is 2. The van der Waals surface area contributed by atoms with Crippen LogP contribution in [0.15, 0.2) is 35.3 Å². The summed E-state index contributed by atoms with van der Waals surface area (Å²) in [6.45, 7) is 0.856. The number of halogens is 1. The van der Waals surface area contributed by atoms with Crippen molar-refractivity contribution in [2.24, 2.45) is 7.05 Å². The summed E-state index contributed by atoms with van der Waals surface area (Å²) in [5.74, 6) is -1.60. The van der Waals surface area contributed by atoms with Gasteiger partial charge in [0.15, 0.2) is 5.75 Å². The molecule has 0 spiro atoms. The lowest BCUT2D eigenvalue weighted by Gasteiger charge is -2.18. The summed E-state index contributed by atoms with van der Waals surface area (Å²) in [4.78, 5) is 43.2. The van der Waals surface area contributed by atoms with Crippen LogP contribution in [0.2, 0.25) is 0 Å². The molecule has 4 rings (SSSR count). The summed E-state index contributed by atoms with van der Waals surface area (Å²) >= 11 is 0. The predicted molar refractivity (Wildman–Crippen MR) is 122 cm³/mol. The first-order chi connectivity index (χ1) is 16.3. The number of rotatable bonds is 7. The van der Waals surface area contributed by atoms with Crippen molar-refractivity contribution in [3.63, 3.8) is 0 Å². The van der Waals surface area contributed by atoms with Crippen LogP contribution >= 0.6 is 0 Å². The number of fused-ring (bicyclic) bond motifs is 1. The van der Waals surface area contributed by atoms with Crippen molar-refractivity contribution >= 4 is 22.8 Å². The van der Waals surface area contributed by atoms with E-state index in [9.17, 15) is 23.9 Å². The van der Waals surface area contributed by atoms with Crippen LogP contribution in [0, 0.1) is 5.82 Å². The molecular weight excluding hydrogens is 443 g/mol. The number of nitrogens with one attached hydrogen (secondary N) is 1. The van der Waals surface area contributed by atoms with E-state index in [1.54, 1.807) is 17.0 Å². The number of hydrogen-bond acceptors (Lipinski definition) is 6. The maximum atomic E-state index is 14.0. The standard InChI is InChI=1S/C24H25FN4O5/c1-28-18-9-14(11-26-21(18)22(31)20(24(28)33)23(32)27-13-34-2)8-15-5-6-17(25)10-16(15)12-29-7-3-4-19(29)30/h5-6,9-11,31H,3-4,7-8,12-13H2,1-2H3,(H,27,32). The summed E-state index contributed by atoms with van der Waals surface area (Å²) in [6, 6.07) is 6.18. The number of pyridine rings is 2. The number of carbonyl (C=O) groups excluding carboxylic acids is 2. The van der Waals surface area contributed by atoms with E-state index in [2.05, 4.69) is 10.3 Å². The molecule has 3 aromatic rings. The Labute approximate surface area is 194 Å². The molecule has 1 aliphatic heterocycles. The lowest BCUT2D eigenvalue weighted by Crippen LogP contribution is -2.33. The molecule has 0 radical (unpaired) electrons. The lowest BCUT2D eigenvalue weighted by atomic mass is 9.99. The second-order valence-electron chi connectivity index (χ2n) is 8.25. The Morgan fingerprint density at radius 2 is 2.06 bits per heavy atom. The molecule has 2 N–H and O–H groups in total. The average molecular weight is 468 g/mol.